The third kappa shape index (κ3) is 5.23. The lowest BCUT2D eigenvalue weighted by Gasteiger charge is -2.26. The van der Waals surface area contributed by atoms with Crippen molar-refractivity contribution in [3.05, 3.63) is 41.4 Å². The maximum Gasteiger partial charge on any atom is 0.119 e. The van der Waals surface area contributed by atoms with Crippen molar-refractivity contribution in [3.63, 3.8) is 0 Å². The normalized spacial score (nSPS) is 13.9. The van der Waals surface area contributed by atoms with Crippen LogP contribution in [0.3, 0.4) is 0 Å². The van der Waals surface area contributed by atoms with Crippen molar-refractivity contribution >= 4 is 15.9 Å². The van der Waals surface area contributed by atoms with Crippen molar-refractivity contribution in [2.24, 2.45) is 5.41 Å². The average Bonchev–Trinajstić information content (AvgIpc) is 2.39. The predicted molar refractivity (Wildman–Crippen MR) is 81.1 cm³/mol. The van der Waals surface area contributed by atoms with E-state index in [-0.39, 0.29) is 5.41 Å². The molecule has 0 aromatic heterocycles. The van der Waals surface area contributed by atoms with Gasteiger partial charge in [-0.1, -0.05) is 35.9 Å². The minimum atomic E-state index is 0.0887. The zero-order valence-corrected chi connectivity index (χ0v) is 12.8. The molecular weight excluding hydrogens is 290 g/mol. The van der Waals surface area contributed by atoms with Crippen LogP contribution in [0, 0.1) is 5.41 Å². The van der Waals surface area contributed by atoms with Crippen LogP contribution >= 0.6 is 15.9 Å². The molecule has 0 spiro atoms. The molecule has 0 fully saturated rings. The number of halogens is 1. The topological polar surface area (TPSA) is 21.3 Å². The molecule has 3 heteroatoms. The summed E-state index contributed by atoms with van der Waals surface area (Å²) in [6.45, 7) is 10.9. The summed E-state index contributed by atoms with van der Waals surface area (Å²) >= 11 is 3.41. The third-order valence-corrected chi connectivity index (χ3v) is 3.56. The minimum Gasteiger partial charge on any atom is -0.494 e. The van der Waals surface area contributed by atoms with E-state index in [9.17, 15) is 0 Å². The van der Waals surface area contributed by atoms with Crippen LogP contribution in [0.5, 0.6) is 5.75 Å². The number of nitrogens with one attached hydrogen (secondary N) is 1. The second-order valence-corrected chi connectivity index (χ2v) is 5.61. The largest absolute Gasteiger partial charge is 0.494 e. The predicted octanol–water partition coefficient (Wildman–Crippen LogP) is 4.02. The van der Waals surface area contributed by atoms with E-state index in [2.05, 4.69) is 41.7 Å². The number of hydrogen-bond donors (Lipinski definition) is 1. The van der Waals surface area contributed by atoms with Crippen LogP contribution in [0.15, 0.2) is 41.4 Å². The lowest BCUT2D eigenvalue weighted by molar-refractivity contribution is 0.245. The fraction of sp³-hybridized carbons (Fsp3) is 0.467. The van der Waals surface area contributed by atoms with Crippen LogP contribution in [0.4, 0.5) is 0 Å². The maximum atomic E-state index is 5.74. The fourth-order valence-electron chi connectivity index (χ4n) is 1.61. The van der Waals surface area contributed by atoms with E-state index < -0.39 is 0 Å². The summed E-state index contributed by atoms with van der Waals surface area (Å²) in [5.41, 5.74) is 0.0887. The van der Waals surface area contributed by atoms with Crippen molar-refractivity contribution in [1.82, 2.24) is 5.32 Å². The van der Waals surface area contributed by atoms with Crippen LogP contribution in [0.25, 0.3) is 0 Å². The van der Waals surface area contributed by atoms with E-state index in [0.717, 1.165) is 29.7 Å². The molecule has 0 aliphatic carbocycles. The highest BCUT2D eigenvalue weighted by molar-refractivity contribution is 9.10. The van der Waals surface area contributed by atoms with Gasteiger partial charge < -0.3 is 10.1 Å². The molecule has 1 N–H and O–H groups in total. The molecule has 0 radical (unpaired) electrons. The van der Waals surface area contributed by atoms with E-state index in [1.807, 2.05) is 30.3 Å². The summed E-state index contributed by atoms with van der Waals surface area (Å²) in [5.74, 6) is 0.910. The Labute approximate surface area is 119 Å². The minimum absolute atomic E-state index is 0.0887. The van der Waals surface area contributed by atoms with E-state index in [1.54, 1.807) is 0 Å². The first kappa shape index (κ1) is 15.3. The second kappa shape index (κ2) is 7.59. The summed E-state index contributed by atoms with van der Waals surface area (Å²) < 4.78 is 6.81. The van der Waals surface area contributed by atoms with Crippen molar-refractivity contribution < 1.29 is 4.74 Å². The lowest BCUT2D eigenvalue weighted by atomic mass is 9.87. The molecular formula is C15H22BrNO. The van der Waals surface area contributed by atoms with Gasteiger partial charge in [-0.2, -0.15) is 0 Å². The quantitative estimate of drug-likeness (QED) is 0.732. The van der Waals surface area contributed by atoms with Gasteiger partial charge in [0.05, 0.1) is 6.61 Å². The molecule has 0 heterocycles. The first-order valence-electron chi connectivity index (χ1n) is 6.32. The third-order valence-electron chi connectivity index (χ3n) is 3.03. The SMILES string of the molecule is C=CC(C)(CCOc1ccc(Br)cc1)CNCC. The molecule has 1 unspecified atom stereocenters. The van der Waals surface area contributed by atoms with Gasteiger partial charge in [0.15, 0.2) is 0 Å². The van der Waals surface area contributed by atoms with Crippen LogP contribution in [0.2, 0.25) is 0 Å². The summed E-state index contributed by atoms with van der Waals surface area (Å²) in [7, 11) is 0. The second-order valence-electron chi connectivity index (χ2n) is 4.69. The van der Waals surface area contributed by atoms with Crippen molar-refractivity contribution in [3.8, 4) is 5.75 Å². The Morgan fingerprint density at radius 3 is 2.61 bits per heavy atom. The number of ether oxygens (including phenoxy) is 1. The average molecular weight is 312 g/mol. The molecule has 18 heavy (non-hydrogen) atoms. The molecule has 1 aromatic rings. The van der Waals surface area contributed by atoms with Gasteiger partial charge in [0.25, 0.3) is 0 Å². The van der Waals surface area contributed by atoms with Gasteiger partial charge >= 0.3 is 0 Å². The molecule has 1 aromatic carbocycles. The van der Waals surface area contributed by atoms with Gasteiger partial charge in [-0.3, -0.25) is 0 Å². The Morgan fingerprint density at radius 2 is 2.06 bits per heavy atom. The van der Waals surface area contributed by atoms with Gasteiger partial charge in [-0.15, -0.1) is 6.58 Å². The van der Waals surface area contributed by atoms with E-state index in [0.29, 0.717) is 6.61 Å². The molecule has 0 aliphatic rings. The first-order chi connectivity index (χ1) is 8.59. The Balaban J connectivity index is 2.39. The molecule has 0 saturated carbocycles. The fourth-order valence-corrected chi connectivity index (χ4v) is 1.87. The standard InChI is InChI=1S/C15H22BrNO/c1-4-15(3,12-17-5-2)10-11-18-14-8-6-13(16)7-9-14/h4,6-9,17H,1,5,10-12H2,2-3H3. The molecule has 1 atom stereocenters. The monoisotopic (exact) mass is 311 g/mol. The Kier molecular flexibility index (Phi) is 6.44. The first-order valence-corrected chi connectivity index (χ1v) is 7.11. The Bertz CT molecular complexity index is 363. The summed E-state index contributed by atoms with van der Waals surface area (Å²) in [5, 5.41) is 3.36. The van der Waals surface area contributed by atoms with Gasteiger partial charge in [-0.25, -0.2) is 0 Å². The smallest absolute Gasteiger partial charge is 0.119 e. The summed E-state index contributed by atoms with van der Waals surface area (Å²) in [4.78, 5) is 0. The molecule has 0 bridgehead atoms. The van der Waals surface area contributed by atoms with Crippen molar-refractivity contribution in [2.75, 3.05) is 19.7 Å². The molecule has 100 valence electrons. The van der Waals surface area contributed by atoms with Gasteiger partial charge in [-0.05, 0) is 37.2 Å². The number of rotatable bonds is 8. The highest BCUT2D eigenvalue weighted by Crippen LogP contribution is 2.23. The van der Waals surface area contributed by atoms with Crippen LogP contribution < -0.4 is 10.1 Å². The van der Waals surface area contributed by atoms with Crippen LogP contribution in [-0.4, -0.2) is 19.7 Å². The number of hydrogen-bond acceptors (Lipinski definition) is 2. The zero-order chi connectivity index (χ0) is 13.4. The van der Waals surface area contributed by atoms with E-state index in [4.69, 9.17) is 4.74 Å². The molecule has 0 saturated heterocycles. The van der Waals surface area contributed by atoms with E-state index in [1.165, 1.54) is 0 Å². The maximum absolute atomic E-state index is 5.74. The van der Waals surface area contributed by atoms with Crippen molar-refractivity contribution in [2.45, 2.75) is 20.3 Å². The Hall–Kier alpha value is -0.800. The zero-order valence-electron chi connectivity index (χ0n) is 11.2. The molecule has 2 nitrogen and oxygen atoms in total. The highest BCUT2D eigenvalue weighted by atomic mass is 79.9. The Morgan fingerprint density at radius 1 is 1.39 bits per heavy atom. The van der Waals surface area contributed by atoms with Crippen molar-refractivity contribution in [1.29, 1.82) is 0 Å². The van der Waals surface area contributed by atoms with E-state index >= 15 is 0 Å². The van der Waals surface area contributed by atoms with Gasteiger partial charge in [0.2, 0.25) is 0 Å². The van der Waals surface area contributed by atoms with Crippen LogP contribution in [-0.2, 0) is 0 Å². The molecule has 0 amide bonds. The number of benzene rings is 1. The molecule has 0 aliphatic heterocycles. The summed E-state index contributed by atoms with van der Waals surface area (Å²) in [6.07, 6.45) is 2.97. The highest BCUT2D eigenvalue weighted by Gasteiger charge is 2.19. The molecule has 1 rings (SSSR count). The van der Waals surface area contributed by atoms with Gasteiger partial charge in [0, 0.05) is 16.4 Å². The van der Waals surface area contributed by atoms with Crippen LogP contribution in [0.1, 0.15) is 20.3 Å². The van der Waals surface area contributed by atoms with Gasteiger partial charge in [0.1, 0.15) is 5.75 Å². The summed E-state index contributed by atoms with van der Waals surface area (Å²) in [6, 6.07) is 7.92. The lowest BCUT2D eigenvalue weighted by Crippen LogP contribution is -2.31.